The Morgan fingerprint density at radius 1 is 1.44 bits per heavy atom. The highest BCUT2D eigenvalue weighted by Gasteiger charge is 2.24. The molecule has 18 heavy (non-hydrogen) atoms. The zero-order valence-corrected chi connectivity index (χ0v) is 10.3. The van der Waals surface area contributed by atoms with Gasteiger partial charge in [-0.25, -0.2) is 4.98 Å². The molecule has 1 fully saturated rings. The first kappa shape index (κ1) is 11.3. The molecule has 0 amide bonds. The first-order valence-corrected chi connectivity index (χ1v) is 6.38. The van der Waals surface area contributed by atoms with E-state index >= 15 is 0 Å². The molecule has 1 aromatic carbocycles. The molecule has 0 spiro atoms. The molecule has 1 unspecified atom stereocenters. The topological polar surface area (TPSA) is 29.3 Å². The first-order valence-electron chi connectivity index (χ1n) is 6.38. The second kappa shape index (κ2) is 4.83. The van der Waals surface area contributed by atoms with Crippen LogP contribution in [0.5, 0.6) is 0 Å². The smallest absolute Gasteiger partial charge is 0.199 e. The number of fused-ring (bicyclic) bond motifs is 1. The summed E-state index contributed by atoms with van der Waals surface area (Å²) in [7, 11) is 0. The normalized spacial score (nSPS) is 20.9. The van der Waals surface area contributed by atoms with Crippen molar-refractivity contribution in [1.82, 2.24) is 9.88 Å². The number of hydrogen-bond acceptors (Lipinski definition) is 3. The summed E-state index contributed by atoms with van der Waals surface area (Å²) >= 11 is 0. The predicted octanol–water partition coefficient (Wildman–Crippen LogP) is 2.64. The molecular formula is C15H16N2O. The molecule has 3 rings (SSSR count). The van der Waals surface area contributed by atoms with Gasteiger partial charge in [0.25, 0.3) is 0 Å². The zero-order valence-electron chi connectivity index (χ0n) is 10.3. The zero-order chi connectivity index (χ0) is 12.4. The quantitative estimate of drug-likeness (QED) is 0.756. The van der Waals surface area contributed by atoms with E-state index in [-0.39, 0.29) is 0 Å². The molecule has 0 bridgehead atoms. The molecule has 3 nitrogen and oxygen atoms in total. The second-order valence-corrected chi connectivity index (χ2v) is 4.80. The summed E-state index contributed by atoms with van der Waals surface area (Å²) in [5.41, 5.74) is 1.82. The number of terminal acetylenes is 1. The molecule has 92 valence electrons. The van der Waals surface area contributed by atoms with Crippen LogP contribution in [0.4, 0.5) is 0 Å². The van der Waals surface area contributed by atoms with Crippen LogP contribution in [0.2, 0.25) is 0 Å². The Labute approximate surface area is 107 Å². The third-order valence-electron chi connectivity index (χ3n) is 3.48. The standard InChI is InChI=1S/C15H16N2O/c1-2-9-17-10-5-6-12(11-17)15-16-13-7-3-4-8-14(13)18-15/h1,3-4,7-8,12H,5-6,9-11H2. The van der Waals surface area contributed by atoms with Gasteiger partial charge in [-0.1, -0.05) is 18.1 Å². The molecule has 2 aromatic rings. The summed E-state index contributed by atoms with van der Waals surface area (Å²) in [6.45, 7) is 2.76. The number of para-hydroxylation sites is 2. The van der Waals surface area contributed by atoms with Gasteiger partial charge in [0.05, 0.1) is 6.54 Å². The van der Waals surface area contributed by atoms with Gasteiger partial charge in [0, 0.05) is 12.5 Å². The number of benzene rings is 1. The number of nitrogens with zero attached hydrogens (tertiary/aromatic N) is 2. The SMILES string of the molecule is C#CCN1CCCC(c2nc3ccccc3o2)C1. The summed E-state index contributed by atoms with van der Waals surface area (Å²) < 4.78 is 5.84. The summed E-state index contributed by atoms with van der Waals surface area (Å²) in [5, 5.41) is 0. The molecule has 0 saturated carbocycles. The highest BCUT2D eigenvalue weighted by atomic mass is 16.3. The van der Waals surface area contributed by atoms with Gasteiger partial charge in [0.1, 0.15) is 5.52 Å². The van der Waals surface area contributed by atoms with Crippen molar-refractivity contribution in [2.45, 2.75) is 18.8 Å². The van der Waals surface area contributed by atoms with Crippen LogP contribution in [0.15, 0.2) is 28.7 Å². The summed E-state index contributed by atoms with van der Waals surface area (Å²) in [5.74, 6) is 3.94. The fourth-order valence-electron chi connectivity index (χ4n) is 2.59. The number of hydrogen-bond donors (Lipinski definition) is 0. The van der Waals surface area contributed by atoms with Crippen LogP contribution in [-0.2, 0) is 0 Å². The summed E-state index contributed by atoms with van der Waals surface area (Å²) in [4.78, 5) is 6.88. The van der Waals surface area contributed by atoms with Gasteiger partial charge in [0.2, 0.25) is 0 Å². The van der Waals surface area contributed by atoms with Crippen LogP contribution in [0, 0.1) is 12.3 Å². The van der Waals surface area contributed by atoms with E-state index in [9.17, 15) is 0 Å². The average Bonchev–Trinajstić information content (AvgIpc) is 2.83. The van der Waals surface area contributed by atoms with Crippen LogP contribution < -0.4 is 0 Å². The van der Waals surface area contributed by atoms with E-state index in [1.807, 2.05) is 24.3 Å². The Morgan fingerprint density at radius 2 is 2.33 bits per heavy atom. The number of likely N-dealkylation sites (tertiary alicyclic amines) is 1. The predicted molar refractivity (Wildman–Crippen MR) is 71.3 cm³/mol. The van der Waals surface area contributed by atoms with E-state index in [0.717, 1.165) is 49.5 Å². The van der Waals surface area contributed by atoms with Gasteiger partial charge in [-0.15, -0.1) is 6.42 Å². The number of piperidine rings is 1. The Morgan fingerprint density at radius 3 is 3.17 bits per heavy atom. The lowest BCUT2D eigenvalue weighted by Gasteiger charge is -2.29. The number of rotatable bonds is 2. The molecule has 0 N–H and O–H groups in total. The van der Waals surface area contributed by atoms with E-state index < -0.39 is 0 Å². The van der Waals surface area contributed by atoms with Gasteiger partial charge in [-0.05, 0) is 31.5 Å². The molecule has 0 aliphatic carbocycles. The van der Waals surface area contributed by atoms with E-state index in [0.29, 0.717) is 5.92 Å². The molecule has 1 atom stereocenters. The van der Waals surface area contributed by atoms with Crippen molar-refractivity contribution in [3.63, 3.8) is 0 Å². The van der Waals surface area contributed by atoms with Gasteiger partial charge >= 0.3 is 0 Å². The minimum absolute atomic E-state index is 0.375. The van der Waals surface area contributed by atoms with E-state index in [1.54, 1.807) is 0 Å². The molecule has 1 aliphatic rings. The van der Waals surface area contributed by atoms with Gasteiger partial charge in [-0.3, -0.25) is 4.90 Å². The van der Waals surface area contributed by atoms with Crippen LogP contribution in [0.3, 0.4) is 0 Å². The Bertz CT molecular complexity index is 548. The van der Waals surface area contributed by atoms with Crippen molar-refractivity contribution in [1.29, 1.82) is 0 Å². The minimum Gasteiger partial charge on any atom is -0.440 e. The summed E-state index contributed by atoms with van der Waals surface area (Å²) in [6.07, 6.45) is 7.66. The molecular weight excluding hydrogens is 224 g/mol. The monoisotopic (exact) mass is 240 g/mol. The van der Waals surface area contributed by atoms with E-state index in [2.05, 4.69) is 15.8 Å². The van der Waals surface area contributed by atoms with Gasteiger partial charge < -0.3 is 4.42 Å². The van der Waals surface area contributed by atoms with Crippen molar-refractivity contribution in [3.05, 3.63) is 30.2 Å². The maximum absolute atomic E-state index is 5.84. The maximum Gasteiger partial charge on any atom is 0.199 e. The highest BCUT2D eigenvalue weighted by Crippen LogP contribution is 2.28. The lowest BCUT2D eigenvalue weighted by Crippen LogP contribution is -2.34. The van der Waals surface area contributed by atoms with E-state index in [1.165, 1.54) is 0 Å². The second-order valence-electron chi connectivity index (χ2n) is 4.80. The molecule has 2 heterocycles. The third kappa shape index (κ3) is 2.12. The maximum atomic E-state index is 5.84. The molecule has 1 aliphatic heterocycles. The van der Waals surface area contributed by atoms with Crippen molar-refractivity contribution < 1.29 is 4.42 Å². The lowest BCUT2D eigenvalue weighted by molar-refractivity contribution is 0.215. The molecule has 3 heteroatoms. The Hall–Kier alpha value is -1.79. The van der Waals surface area contributed by atoms with E-state index in [4.69, 9.17) is 10.8 Å². The Kier molecular flexibility index (Phi) is 3.04. The van der Waals surface area contributed by atoms with Gasteiger partial charge in [-0.2, -0.15) is 0 Å². The summed E-state index contributed by atoms with van der Waals surface area (Å²) in [6, 6.07) is 7.92. The molecule has 0 radical (unpaired) electrons. The van der Waals surface area contributed by atoms with Crippen molar-refractivity contribution >= 4 is 11.1 Å². The fraction of sp³-hybridized carbons (Fsp3) is 0.400. The third-order valence-corrected chi connectivity index (χ3v) is 3.48. The van der Waals surface area contributed by atoms with Gasteiger partial charge in [0.15, 0.2) is 11.5 Å². The van der Waals surface area contributed by atoms with Crippen LogP contribution in [-0.4, -0.2) is 29.5 Å². The lowest BCUT2D eigenvalue weighted by atomic mass is 9.98. The Balaban J connectivity index is 1.83. The van der Waals surface area contributed by atoms with Crippen molar-refractivity contribution in [2.24, 2.45) is 0 Å². The molecule has 1 aromatic heterocycles. The van der Waals surface area contributed by atoms with Crippen LogP contribution in [0.25, 0.3) is 11.1 Å². The number of oxazole rings is 1. The van der Waals surface area contributed by atoms with Crippen molar-refractivity contribution in [2.75, 3.05) is 19.6 Å². The first-order chi connectivity index (χ1) is 8.86. The van der Waals surface area contributed by atoms with Crippen LogP contribution in [0.1, 0.15) is 24.7 Å². The largest absolute Gasteiger partial charge is 0.440 e. The number of aromatic nitrogens is 1. The average molecular weight is 240 g/mol. The molecule has 1 saturated heterocycles. The van der Waals surface area contributed by atoms with Crippen LogP contribution >= 0.6 is 0 Å². The highest BCUT2D eigenvalue weighted by molar-refractivity contribution is 5.72. The fourth-order valence-corrected chi connectivity index (χ4v) is 2.59. The minimum atomic E-state index is 0.375. The van der Waals surface area contributed by atoms with Crippen molar-refractivity contribution in [3.8, 4) is 12.3 Å².